The first kappa shape index (κ1) is 18.9. The Balaban J connectivity index is 1.45. The number of methoxy groups -OCH3 is 1. The largest absolute Gasteiger partial charge is 0.453 e. The third-order valence-corrected chi connectivity index (χ3v) is 6.80. The second kappa shape index (κ2) is 8.23. The molecule has 2 heterocycles. The third kappa shape index (κ3) is 4.47. The van der Waals surface area contributed by atoms with Crippen LogP contribution in [0.1, 0.15) is 58.3 Å². The smallest absolute Gasteiger partial charge is 0.409 e. The van der Waals surface area contributed by atoms with Crippen LogP contribution < -0.4 is 11.1 Å². The molecule has 0 bridgehead atoms. The van der Waals surface area contributed by atoms with Gasteiger partial charge < -0.3 is 20.7 Å². The molecule has 2 aliphatic heterocycles. The number of likely N-dealkylation sites (tertiary alicyclic amines) is 2. The number of nitrogens with zero attached hydrogens (tertiary/aromatic N) is 2. The number of amides is 1. The fourth-order valence-electron chi connectivity index (χ4n) is 4.87. The zero-order valence-electron chi connectivity index (χ0n) is 16.0. The van der Waals surface area contributed by atoms with Gasteiger partial charge in [-0.05, 0) is 45.4 Å². The number of rotatable bonds is 3. The summed E-state index contributed by atoms with van der Waals surface area (Å²) in [6.45, 7) is 6.27. The van der Waals surface area contributed by atoms with Crippen molar-refractivity contribution in [3.8, 4) is 0 Å². The van der Waals surface area contributed by atoms with Gasteiger partial charge in [-0.15, -0.1) is 0 Å². The molecule has 1 saturated carbocycles. The lowest BCUT2D eigenvalue weighted by atomic mass is 9.85. The van der Waals surface area contributed by atoms with Crippen molar-refractivity contribution in [1.29, 1.82) is 0 Å². The first-order valence-corrected chi connectivity index (χ1v) is 10.1. The number of nitrogens with two attached hydrogens (primary N) is 1. The fraction of sp³-hybridized carbons (Fsp3) is 0.947. The Hall–Kier alpha value is -0.850. The Morgan fingerprint density at radius 2 is 1.72 bits per heavy atom. The minimum Gasteiger partial charge on any atom is -0.453 e. The van der Waals surface area contributed by atoms with E-state index in [1.165, 1.54) is 45.6 Å². The SMILES string of the molecule is COC(=O)N1CCC(C)(N2CCC(N[C@H]3CCCC[C@@H]3N)CC2)CC1. The van der Waals surface area contributed by atoms with E-state index in [9.17, 15) is 4.79 Å². The second-order valence-corrected chi connectivity index (χ2v) is 8.44. The Morgan fingerprint density at radius 3 is 2.32 bits per heavy atom. The van der Waals surface area contributed by atoms with Crippen molar-refractivity contribution in [2.45, 2.75) is 82.0 Å². The lowest BCUT2D eigenvalue weighted by Gasteiger charge is -2.49. The van der Waals surface area contributed by atoms with Gasteiger partial charge in [0.25, 0.3) is 0 Å². The average Bonchev–Trinajstić information content (AvgIpc) is 2.64. The highest BCUT2D eigenvalue weighted by Gasteiger charge is 2.39. The van der Waals surface area contributed by atoms with E-state index >= 15 is 0 Å². The number of hydrogen-bond acceptors (Lipinski definition) is 5. The van der Waals surface area contributed by atoms with Crippen LogP contribution in [0.2, 0.25) is 0 Å². The van der Waals surface area contributed by atoms with Crippen LogP contribution >= 0.6 is 0 Å². The van der Waals surface area contributed by atoms with Gasteiger partial charge >= 0.3 is 6.09 Å². The summed E-state index contributed by atoms with van der Waals surface area (Å²) < 4.78 is 4.85. The summed E-state index contributed by atoms with van der Waals surface area (Å²) in [5, 5.41) is 3.85. The van der Waals surface area contributed by atoms with Crippen molar-refractivity contribution < 1.29 is 9.53 Å². The van der Waals surface area contributed by atoms with Crippen molar-refractivity contribution >= 4 is 6.09 Å². The van der Waals surface area contributed by atoms with E-state index in [-0.39, 0.29) is 11.6 Å². The van der Waals surface area contributed by atoms with Crippen LogP contribution in [0.5, 0.6) is 0 Å². The molecule has 0 aromatic rings. The number of ether oxygens (including phenoxy) is 1. The summed E-state index contributed by atoms with van der Waals surface area (Å²) in [5.41, 5.74) is 6.51. The maximum absolute atomic E-state index is 11.7. The molecule has 3 aliphatic rings. The summed E-state index contributed by atoms with van der Waals surface area (Å²) in [7, 11) is 1.46. The topological polar surface area (TPSA) is 70.8 Å². The summed E-state index contributed by atoms with van der Waals surface area (Å²) in [4.78, 5) is 16.2. The lowest BCUT2D eigenvalue weighted by Crippen LogP contribution is -2.59. The van der Waals surface area contributed by atoms with Crippen LogP contribution in [-0.2, 0) is 4.74 Å². The molecule has 6 nitrogen and oxygen atoms in total. The van der Waals surface area contributed by atoms with Crippen molar-refractivity contribution in [3.63, 3.8) is 0 Å². The molecule has 6 heteroatoms. The molecule has 2 saturated heterocycles. The van der Waals surface area contributed by atoms with Crippen LogP contribution in [0.15, 0.2) is 0 Å². The minimum atomic E-state index is -0.186. The number of nitrogens with one attached hydrogen (secondary N) is 1. The van der Waals surface area contributed by atoms with Gasteiger partial charge in [-0.1, -0.05) is 12.8 Å². The monoisotopic (exact) mass is 352 g/mol. The first-order chi connectivity index (χ1) is 12.0. The zero-order chi connectivity index (χ0) is 17.9. The van der Waals surface area contributed by atoms with Crippen LogP contribution in [0.3, 0.4) is 0 Å². The molecular formula is C19H36N4O2. The Labute approximate surface area is 152 Å². The van der Waals surface area contributed by atoms with Gasteiger partial charge in [0, 0.05) is 49.8 Å². The molecule has 0 radical (unpaired) electrons. The minimum absolute atomic E-state index is 0.186. The van der Waals surface area contributed by atoms with Crippen LogP contribution in [0.25, 0.3) is 0 Å². The quantitative estimate of drug-likeness (QED) is 0.812. The van der Waals surface area contributed by atoms with Gasteiger partial charge in [0.2, 0.25) is 0 Å². The standard InChI is InChI=1S/C19H36N4O2/c1-19(9-13-22(14-10-19)18(24)25-2)23-11-7-15(8-12-23)21-17-6-4-3-5-16(17)20/h15-17,21H,3-14,20H2,1-2H3/t16-,17-/m0/s1. The molecule has 0 aromatic heterocycles. The van der Waals surface area contributed by atoms with E-state index in [0.29, 0.717) is 18.1 Å². The molecular weight excluding hydrogens is 316 g/mol. The molecule has 0 unspecified atom stereocenters. The number of carbonyl (C=O) groups excluding carboxylic acids is 1. The van der Waals surface area contributed by atoms with Gasteiger partial charge in [-0.3, -0.25) is 4.90 Å². The maximum atomic E-state index is 11.7. The van der Waals surface area contributed by atoms with E-state index in [1.54, 1.807) is 0 Å². The van der Waals surface area contributed by atoms with Gasteiger partial charge in [0.05, 0.1) is 7.11 Å². The van der Waals surface area contributed by atoms with Crippen LogP contribution in [0.4, 0.5) is 4.79 Å². The van der Waals surface area contributed by atoms with E-state index in [1.807, 2.05) is 4.90 Å². The Morgan fingerprint density at radius 1 is 1.08 bits per heavy atom. The van der Waals surface area contributed by atoms with E-state index < -0.39 is 0 Å². The first-order valence-electron chi connectivity index (χ1n) is 10.1. The number of piperidine rings is 2. The van der Waals surface area contributed by atoms with Crippen molar-refractivity contribution in [3.05, 3.63) is 0 Å². The van der Waals surface area contributed by atoms with Crippen LogP contribution in [0, 0.1) is 0 Å². The second-order valence-electron chi connectivity index (χ2n) is 8.44. The van der Waals surface area contributed by atoms with Crippen molar-refractivity contribution in [2.75, 3.05) is 33.3 Å². The molecule has 0 aromatic carbocycles. The summed E-state index contributed by atoms with van der Waals surface area (Å²) in [5.74, 6) is 0. The maximum Gasteiger partial charge on any atom is 0.409 e. The summed E-state index contributed by atoms with van der Waals surface area (Å²) in [6.07, 6.45) is 9.32. The summed E-state index contributed by atoms with van der Waals surface area (Å²) in [6, 6.07) is 1.47. The third-order valence-electron chi connectivity index (χ3n) is 6.80. The van der Waals surface area contributed by atoms with Gasteiger partial charge in [0.15, 0.2) is 0 Å². The Kier molecular flexibility index (Phi) is 6.23. The molecule has 0 spiro atoms. The highest BCUT2D eigenvalue weighted by Crippen LogP contribution is 2.31. The highest BCUT2D eigenvalue weighted by atomic mass is 16.5. The van der Waals surface area contributed by atoms with E-state index in [4.69, 9.17) is 10.5 Å². The van der Waals surface area contributed by atoms with Crippen molar-refractivity contribution in [2.24, 2.45) is 5.73 Å². The van der Waals surface area contributed by atoms with Crippen LogP contribution in [-0.4, -0.2) is 72.8 Å². The van der Waals surface area contributed by atoms with Gasteiger partial charge in [0.1, 0.15) is 0 Å². The van der Waals surface area contributed by atoms with E-state index in [0.717, 1.165) is 39.0 Å². The molecule has 25 heavy (non-hydrogen) atoms. The predicted octanol–water partition coefficient (Wildman–Crippen LogP) is 1.93. The predicted molar refractivity (Wildman–Crippen MR) is 99.6 cm³/mol. The van der Waals surface area contributed by atoms with Gasteiger partial charge in [-0.25, -0.2) is 4.79 Å². The molecule has 1 aliphatic carbocycles. The molecule has 3 N–H and O–H groups in total. The molecule has 2 atom stereocenters. The van der Waals surface area contributed by atoms with E-state index in [2.05, 4.69) is 17.1 Å². The average molecular weight is 353 g/mol. The highest BCUT2D eigenvalue weighted by molar-refractivity contribution is 5.67. The number of carbonyl (C=O) groups is 1. The van der Waals surface area contributed by atoms with Gasteiger partial charge in [-0.2, -0.15) is 0 Å². The fourth-order valence-corrected chi connectivity index (χ4v) is 4.87. The Bertz CT molecular complexity index is 443. The lowest BCUT2D eigenvalue weighted by molar-refractivity contribution is 0.0139. The molecule has 144 valence electrons. The zero-order valence-corrected chi connectivity index (χ0v) is 16.0. The normalized spacial score (nSPS) is 31.7. The molecule has 3 fully saturated rings. The number of hydrogen-bond donors (Lipinski definition) is 2. The molecule has 3 rings (SSSR count). The molecule has 1 amide bonds. The van der Waals surface area contributed by atoms with Crippen molar-refractivity contribution in [1.82, 2.24) is 15.1 Å². The summed E-state index contributed by atoms with van der Waals surface area (Å²) >= 11 is 0.